The lowest BCUT2D eigenvalue weighted by atomic mass is 10.1. The first-order chi connectivity index (χ1) is 9.27. The molecule has 1 aromatic rings. The summed E-state index contributed by atoms with van der Waals surface area (Å²) in [7, 11) is 0. The van der Waals surface area contributed by atoms with Gasteiger partial charge in [0.15, 0.2) is 0 Å². The van der Waals surface area contributed by atoms with E-state index < -0.39 is 23.5 Å². The van der Waals surface area contributed by atoms with E-state index >= 15 is 0 Å². The number of para-hydroxylation sites is 1. The van der Waals surface area contributed by atoms with E-state index in [9.17, 15) is 27.9 Å². The number of Topliss-reactive ketones (excluding diaryl/α,β-unsaturated/α-hetero) is 1. The number of esters is 1. The van der Waals surface area contributed by atoms with Gasteiger partial charge >= 0.3 is 12.1 Å². The number of carbonyl (C=O) groups is 2. The molecule has 0 fully saturated rings. The van der Waals surface area contributed by atoms with Crippen LogP contribution >= 0.6 is 0 Å². The zero-order valence-electron chi connectivity index (χ0n) is 10.4. The number of rotatable bonds is 4. The monoisotopic (exact) mass is 288 g/mol. The first-order valence-corrected chi connectivity index (χ1v) is 5.55. The maximum absolute atomic E-state index is 12.4. The molecule has 4 nitrogen and oxygen atoms in total. The van der Waals surface area contributed by atoms with Crippen molar-refractivity contribution in [3.63, 3.8) is 0 Å². The molecule has 20 heavy (non-hydrogen) atoms. The molecule has 0 saturated carbocycles. The zero-order chi connectivity index (χ0) is 15.3. The summed E-state index contributed by atoms with van der Waals surface area (Å²) in [6, 6.07) is 5.36. The van der Waals surface area contributed by atoms with Crippen LogP contribution in [0.1, 0.15) is 12.5 Å². The first kappa shape index (κ1) is 15.7. The van der Waals surface area contributed by atoms with Crippen LogP contribution in [-0.2, 0) is 14.3 Å². The number of ether oxygens (including phenoxy) is 1. The average molecular weight is 288 g/mol. The minimum atomic E-state index is -5.21. The molecule has 0 bridgehead atoms. The van der Waals surface area contributed by atoms with Crippen LogP contribution in [0.3, 0.4) is 0 Å². The van der Waals surface area contributed by atoms with Crippen molar-refractivity contribution in [2.24, 2.45) is 0 Å². The molecule has 0 saturated heterocycles. The van der Waals surface area contributed by atoms with Gasteiger partial charge in [-0.25, -0.2) is 4.79 Å². The van der Waals surface area contributed by atoms with Gasteiger partial charge < -0.3 is 9.84 Å². The molecule has 7 heteroatoms. The fourth-order valence-corrected chi connectivity index (χ4v) is 1.34. The summed E-state index contributed by atoms with van der Waals surface area (Å²) in [4.78, 5) is 22.7. The first-order valence-electron chi connectivity index (χ1n) is 5.55. The third-order valence-corrected chi connectivity index (χ3v) is 2.23. The highest BCUT2D eigenvalue weighted by atomic mass is 19.4. The predicted molar refractivity (Wildman–Crippen MR) is 63.8 cm³/mol. The van der Waals surface area contributed by atoms with Crippen LogP contribution in [0, 0.1) is 0 Å². The molecule has 1 aromatic carbocycles. The second-order valence-electron chi connectivity index (χ2n) is 3.66. The normalized spacial score (nSPS) is 12.1. The lowest BCUT2D eigenvalue weighted by Crippen LogP contribution is -2.29. The Balaban J connectivity index is 3.28. The second kappa shape index (κ2) is 6.23. The van der Waals surface area contributed by atoms with Gasteiger partial charge in [0, 0.05) is 5.56 Å². The van der Waals surface area contributed by atoms with Crippen LogP contribution in [0.4, 0.5) is 13.2 Å². The van der Waals surface area contributed by atoms with Gasteiger partial charge in [-0.2, -0.15) is 13.2 Å². The topological polar surface area (TPSA) is 63.6 Å². The van der Waals surface area contributed by atoms with Crippen molar-refractivity contribution >= 4 is 17.8 Å². The summed E-state index contributed by atoms with van der Waals surface area (Å²) in [5.41, 5.74) is -1.27. The van der Waals surface area contributed by atoms with E-state index in [0.29, 0.717) is 6.08 Å². The van der Waals surface area contributed by atoms with Gasteiger partial charge in [0.05, 0.1) is 6.61 Å². The number of phenolic OH excluding ortho intramolecular Hbond substituents is 1. The fraction of sp³-hybridized carbons (Fsp3) is 0.231. The third kappa shape index (κ3) is 3.84. The largest absolute Gasteiger partial charge is 0.507 e. The summed E-state index contributed by atoms with van der Waals surface area (Å²) in [5, 5.41) is 9.47. The van der Waals surface area contributed by atoms with Gasteiger partial charge in [-0.05, 0) is 19.1 Å². The van der Waals surface area contributed by atoms with Crippen molar-refractivity contribution in [2.75, 3.05) is 6.61 Å². The quantitative estimate of drug-likeness (QED) is 0.400. The highest BCUT2D eigenvalue weighted by Gasteiger charge is 2.43. The molecule has 0 radical (unpaired) electrons. The van der Waals surface area contributed by atoms with Crippen molar-refractivity contribution in [2.45, 2.75) is 13.1 Å². The van der Waals surface area contributed by atoms with Crippen molar-refractivity contribution in [1.82, 2.24) is 0 Å². The molecule has 0 aliphatic heterocycles. The summed E-state index contributed by atoms with van der Waals surface area (Å²) < 4.78 is 41.8. The van der Waals surface area contributed by atoms with Crippen molar-refractivity contribution in [3.8, 4) is 5.75 Å². The molecule has 0 aliphatic rings. The number of benzene rings is 1. The van der Waals surface area contributed by atoms with E-state index in [-0.39, 0.29) is 17.9 Å². The van der Waals surface area contributed by atoms with Gasteiger partial charge in [0.25, 0.3) is 5.78 Å². The number of ketones is 1. The maximum atomic E-state index is 12.4. The number of aromatic hydroxyl groups is 1. The number of hydrogen-bond acceptors (Lipinski definition) is 4. The minimum absolute atomic E-state index is 0.0897. The molecular weight excluding hydrogens is 277 g/mol. The Morgan fingerprint density at radius 2 is 1.90 bits per heavy atom. The Morgan fingerprint density at radius 3 is 2.40 bits per heavy atom. The van der Waals surface area contributed by atoms with Crippen molar-refractivity contribution < 1.29 is 32.6 Å². The van der Waals surface area contributed by atoms with Crippen LogP contribution in [-0.4, -0.2) is 29.6 Å². The van der Waals surface area contributed by atoms with Crippen LogP contribution < -0.4 is 0 Å². The lowest BCUT2D eigenvalue weighted by molar-refractivity contribution is -0.168. The van der Waals surface area contributed by atoms with Gasteiger partial charge in [-0.3, -0.25) is 4.79 Å². The van der Waals surface area contributed by atoms with Crippen molar-refractivity contribution in [1.29, 1.82) is 0 Å². The Hall–Kier alpha value is -2.31. The summed E-state index contributed by atoms with van der Waals surface area (Å²) >= 11 is 0. The molecule has 0 aromatic heterocycles. The second-order valence-corrected chi connectivity index (χ2v) is 3.66. The van der Waals surface area contributed by atoms with E-state index in [4.69, 9.17) is 0 Å². The number of carbonyl (C=O) groups excluding carboxylic acids is 2. The van der Waals surface area contributed by atoms with Crippen LogP contribution in [0.5, 0.6) is 5.75 Å². The summed E-state index contributed by atoms with van der Waals surface area (Å²) in [6.07, 6.45) is -4.55. The Morgan fingerprint density at radius 1 is 1.30 bits per heavy atom. The highest BCUT2D eigenvalue weighted by molar-refractivity contribution is 6.22. The number of halogens is 3. The van der Waals surface area contributed by atoms with Gasteiger partial charge in [0.1, 0.15) is 11.3 Å². The molecule has 0 unspecified atom stereocenters. The van der Waals surface area contributed by atoms with E-state index in [1.54, 1.807) is 0 Å². The predicted octanol–water partition coefficient (Wildman–Crippen LogP) is 2.47. The molecule has 0 amide bonds. The van der Waals surface area contributed by atoms with E-state index in [1.807, 2.05) is 0 Å². The number of alkyl halides is 3. The van der Waals surface area contributed by atoms with Crippen molar-refractivity contribution in [3.05, 3.63) is 35.4 Å². The van der Waals surface area contributed by atoms with Crippen LogP contribution in [0.15, 0.2) is 29.8 Å². The zero-order valence-corrected chi connectivity index (χ0v) is 10.4. The summed E-state index contributed by atoms with van der Waals surface area (Å²) in [5.74, 6) is -4.07. The van der Waals surface area contributed by atoms with Gasteiger partial charge in [0.2, 0.25) is 0 Å². The molecular formula is C13H11F3O4. The average Bonchev–Trinajstić information content (AvgIpc) is 2.36. The smallest absolute Gasteiger partial charge is 0.455 e. The molecule has 0 spiro atoms. The highest BCUT2D eigenvalue weighted by Crippen LogP contribution is 2.25. The molecule has 1 rings (SSSR count). The molecule has 0 aliphatic carbocycles. The van der Waals surface area contributed by atoms with Crippen LogP contribution in [0.2, 0.25) is 0 Å². The molecule has 0 heterocycles. The Bertz CT molecular complexity index is 547. The number of hydrogen-bond donors (Lipinski definition) is 1. The third-order valence-electron chi connectivity index (χ3n) is 2.23. The fourth-order valence-electron chi connectivity index (χ4n) is 1.34. The maximum Gasteiger partial charge on any atom is 0.455 e. The Kier molecular flexibility index (Phi) is 4.90. The summed E-state index contributed by atoms with van der Waals surface area (Å²) in [6.45, 7) is 1.22. The van der Waals surface area contributed by atoms with E-state index in [1.165, 1.54) is 31.2 Å². The lowest BCUT2D eigenvalue weighted by Gasteiger charge is -2.09. The van der Waals surface area contributed by atoms with Gasteiger partial charge in [-0.1, -0.05) is 18.2 Å². The SMILES string of the molecule is CCOC(=O)/C(=C/c1ccccc1O)C(=O)C(F)(F)F. The van der Waals surface area contributed by atoms with Gasteiger partial charge in [-0.15, -0.1) is 0 Å². The Labute approximate surface area is 112 Å². The standard InChI is InChI=1S/C13H11F3O4/c1-2-20-12(19)9(11(18)13(14,15)16)7-8-5-3-4-6-10(8)17/h3-7,17H,2H2,1H3/b9-7+. The minimum Gasteiger partial charge on any atom is -0.507 e. The molecule has 108 valence electrons. The van der Waals surface area contributed by atoms with Crippen LogP contribution in [0.25, 0.3) is 6.08 Å². The van der Waals surface area contributed by atoms with E-state index in [0.717, 1.165) is 0 Å². The van der Waals surface area contributed by atoms with E-state index in [2.05, 4.69) is 4.74 Å². The molecule has 1 N–H and O–H groups in total. The number of phenols is 1. The molecule has 0 atom stereocenters.